The Morgan fingerprint density at radius 2 is 1.95 bits per heavy atom. The van der Waals surface area contributed by atoms with Gasteiger partial charge in [0.2, 0.25) is 0 Å². The van der Waals surface area contributed by atoms with E-state index in [1.165, 1.54) is 11.3 Å². The summed E-state index contributed by atoms with van der Waals surface area (Å²) in [5, 5.41) is 3.48. The van der Waals surface area contributed by atoms with Crippen LogP contribution in [0.3, 0.4) is 0 Å². The molecule has 3 rings (SSSR count). The first-order chi connectivity index (χ1) is 9.84. The van der Waals surface area contributed by atoms with Crippen molar-refractivity contribution < 1.29 is 9.15 Å². The Morgan fingerprint density at radius 3 is 2.70 bits per heavy atom. The first kappa shape index (κ1) is 13.1. The molecule has 0 saturated carbocycles. The fourth-order valence-corrected chi connectivity index (χ4v) is 2.46. The van der Waals surface area contributed by atoms with E-state index >= 15 is 0 Å². The summed E-state index contributed by atoms with van der Waals surface area (Å²) < 4.78 is 10.9. The van der Waals surface area contributed by atoms with Gasteiger partial charge in [0.05, 0.1) is 37.4 Å². The molecule has 1 aromatic heterocycles. The Hall–Kier alpha value is -1.94. The standard InChI is InChI=1S/C16H20N2O2/c1-13-6-9-20-16(13)12-17-14-4-2-3-5-15(14)18-7-10-19-11-8-18/h2-6,9,17H,7-8,10-12H2,1H3. The molecule has 0 spiro atoms. The second-order valence-electron chi connectivity index (χ2n) is 5.00. The van der Waals surface area contributed by atoms with Crippen molar-refractivity contribution in [1.82, 2.24) is 0 Å². The van der Waals surface area contributed by atoms with Gasteiger partial charge >= 0.3 is 0 Å². The molecule has 1 fully saturated rings. The van der Waals surface area contributed by atoms with Crippen molar-refractivity contribution in [2.75, 3.05) is 36.5 Å². The van der Waals surface area contributed by atoms with Crippen LogP contribution in [-0.4, -0.2) is 26.3 Å². The highest BCUT2D eigenvalue weighted by Crippen LogP contribution is 2.27. The third-order valence-electron chi connectivity index (χ3n) is 3.66. The number of nitrogens with one attached hydrogen (secondary N) is 1. The van der Waals surface area contributed by atoms with Crippen molar-refractivity contribution in [2.24, 2.45) is 0 Å². The molecule has 1 aromatic carbocycles. The molecule has 2 heterocycles. The van der Waals surface area contributed by atoms with Gasteiger partial charge in [-0.3, -0.25) is 0 Å². The van der Waals surface area contributed by atoms with Gasteiger partial charge in [-0.1, -0.05) is 12.1 Å². The number of ether oxygens (including phenoxy) is 1. The lowest BCUT2D eigenvalue weighted by molar-refractivity contribution is 0.123. The van der Waals surface area contributed by atoms with Gasteiger partial charge in [-0.05, 0) is 30.7 Å². The Morgan fingerprint density at radius 1 is 1.15 bits per heavy atom. The maximum absolute atomic E-state index is 5.48. The maximum atomic E-state index is 5.48. The summed E-state index contributed by atoms with van der Waals surface area (Å²) in [5.74, 6) is 0.988. The highest BCUT2D eigenvalue weighted by Gasteiger charge is 2.14. The molecular weight excluding hydrogens is 252 g/mol. The van der Waals surface area contributed by atoms with Crippen molar-refractivity contribution in [3.8, 4) is 0 Å². The second kappa shape index (κ2) is 6.01. The molecule has 106 valence electrons. The van der Waals surface area contributed by atoms with Crippen molar-refractivity contribution in [3.63, 3.8) is 0 Å². The number of aryl methyl sites for hydroxylation is 1. The van der Waals surface area contributed by atoms with E-state index in [1.54, 1.807) is 6.26 Å². The average Bonchev–Trinajstić information content (AvgIpc) is 2.92. The number of furan rings is 1. The molecule has 1 saturated heterocycles. The summed E-state index contributed by atoms with van der Waals surface area (Å²) in [6.07, 6.45) is 1.74. The van der Waals surface area contributed by atoms with Gasteiger partial charge in [-0.25, -0.2) is 0 Å². The SMILES string of the molecule is Cc1ccoc1CNc1ccccc1N1CCOCC1. The van der Waals surface area contributed by atoms with E-state index in [9.17, 15) is 0 Å². The molecule has 0 unspecified atom stereocenters. The predicted molar refractivity (Wildman–Crippen MR) is 80.2 cm³/mol. The van der Waals surface area contributed by atoms with Crippen molar-refractivity contribution >= 4 is 11.4 Å². The second-order valence-corrected chi connectivity index (χ2v) is 5.00. The van der Waals surface area contributed by atoms with Gasteiger partial charge in [-0.15, -0.1) is 0 Å². The lowest BCUT2D eigenvalue weighted by atomic mass is 10.2. The monoisotopic (exact) mass is 272 g/mol. The Kier molecular flexibility index (Phi) is 3.92. The largest absolute Gasteiger partial charge is 0.467 e. The third kappa shape index (κ3) is 2.80. The lowest BCUT2D eigenvalue weighted by Gasteiger charge is -2.30. The van der Waals surface area contributed by atoms with Crippen LogP contribution in [0.5, 0.6) is 0 Å². The van der Waals surface area contributed by atoms with Crippen LogP contribution in [0.25, 0.3) is 0 Å². The highest BCUT2D eigenvalue weighted by molar-refractivity contribution is 5.70. The lowest BCUT2D eigenvalue weighted by Crippen LogP contribution is -2.36. The minimum absolute atomic E-state index is 0.709. The van der Waals surface area contributed by atoms with E-state index in [0.717, 1.165) is 37.8 Å². The zero-order chi connectivity index (χ0) is 13.8. The minimum atomic E-state index is 0.709. The first-order valence-corrected chi connectivity index (χ1v) is 7.03. The Bertz CT molecular complexity index is 559. The van der Waals surface area contributed by atoms with E-state index in [0.29, 0.717) is 6.54 Å². The Labute approximate surface area is 119 Å². The van der Waals surface area contributed by atoms with Crippen LogP contribution in [0.4, 0.5) is 11.4 Å². The van der Waals surface area contributed by atoms with Crippen molar-refractivity contribution in [1.29, 1.82) is 0 Å². The van der Waals surface area contributed by atoms with Crippen molar-refractivity contribution in [2.45, 2.75) is 13.5 Å². The summed E-state index contributed by atoms with van der Waals surface area (Å²) >= 11 is 0. The summed E-state index contributed by atoms with van der Waals surface area (Å²) in [6, 6.07) is 10.4. The van der Waals surface area contributed by atoms with Crippen LogP contribution >= 0.6 is 0 Å². The minimum Gasteiger partial charge on any atom is -0.467 e. The van der Waals surface area contributed by atoms with Crippen LogP contribution in [0, 0.1) is 6.92 Å². The normalized spacial score (nSPS) is 15.3. The molecule has 1 N–H and O–H groups in total. The van der Waals surface area contributed by atoms with Crippen LogP contribution < -0.4 is 10.2 Å². The van der Waals surface area contributed by atoms with Gasteiger partial charge in [0.25, 0.3) is 0 Å². The van der Waals surface area contributed by atoms with Crippen LogP contribution in [-0.2, 0) is 11.3 Å². The molecule has 20 heavy (non-hydrogen) atoms. The van der Waals surface area contributed by atoms with Crippen molar-refractivity contribution in [3.05, 3.63) is 47.9 Å². The maximum Gasteiger partial charge on any atom is 0.125 e. The summed E-state index contributed by atoms with van der Waals surface area (Å²) in [7, 11) is 0. The number of rotatable bonds is 4. The third-order valence-corrected chi connectivity index (χ3v) is 3.66. The highest BCUT2D eigenvalue weighted by atomic mass is 16.5. The summed E-state index contributed by atoms with van der Waals surface area (Å²) in [4.78, 5) is 2.36. The fourth-order valence-electron chi connectivity index (χ4n) is 2.46. The zero-order valence-corrected chi connectivity index (χ0v) is 11.8. The number of benzene rings is 1. The number of hydrogen-bond acceptors (Lipinski definition) is 4. The molecule has 0 amide bonds. The molecule has 2 aromatic rings. The summed E-state index contributed by atoms with van der Waals surface area (Å²) in [6.45, 7) is 6.25. The van der Waals surface area contributed by atoms with Gasteiger partial charge in [-0.2, -0.15) is 0 Å². The zero-order valence-electron chi connectivity index (χ0n) is 11.8. The quantitative estimate of drug-likeness (QED) is 0.928. The molecule has 1 aliphatic heterocycles. The molecule has 1 aliphatic rings. The topological polar surface area (TPSA) is 37.6 Å². The number of morpholine rings is 1. The van der Waals surface area contributed by atoms with E-state index in [-0.39, 0.29) is 0 Å². The van der Waals surface area contributed by atoms with Gasteiger partial charge in [0.15, 0.2) is 0 Å². The number of anilines is 2. The van der Waals surface area contributed by atoms with Gasteiger partial charge in [0, 0.05) is 13.1 Å². The van der Waals surface area contributed by atoms with Crippen LogP contribution in [0.2, 0.25) is 0 Å². The van der Waals surface area contributed by atoms with E-state index in [1.807, 2.05) is 6.07 Å². The average molecular weight is 272 g/mol. The van der Waals surface area contributed by atoms with E-state index in [2.05, 4.69) is 41.4 Å². The van der Waals surface area contributed by atoms with Crippen LogP contribution in [0.1, 0.15) is 11.3 Å². The molecular formula is C16H20N2O2. The molecule has 0 aliphatic carbocycles. The summed E-state index contributed by atoms with van der Waals surface area (Å²) in [5.41, 5.74) is 3.56. The molecule has 4 nitrogen and oxygen atoms in total. The molecule has 0 radical (unpaired) electrons. The van der Waals surface area contributed by atoms with Gasteiger partial charge in [0.1, 0.15) is 5.76 Å². The number of hydrogen-bond donors (Lipinski definition) is 1. The molecule has 0 atom stereocenters. The Balaban J connectivity index is 1.74. The van der Waals surface area contributed by atoms with Gasteiger partial charge < -0.3 is 19.4 Å². The smallest absolute Gasteiger partial charge is 0.125 e. The van der Waals surface area contributed by atoms with E-state index in [4.69, 9.17) is 9.15 Å². The number of para-hydroxylation sites is 2. The molecule has 4 heteroatoms. The van der Waals surface area contributed by atoms with E-state index < -0.39 is 0 Å². The predicted octanol–water partition coefficient (Wildman–Crippen LogP) is 3.04. The molecule has 0 bridgehead atoms. The van der Waals surface area contributed by atoms with Crippen LogP contribution in [0.15, 0.2) is 41.0 Å². The fraction of sp³-hybridized carbons (Fsp3) is 0.375. The first-order valence-electron chi connectivity index (χ1n) is 7.03. The number of nitrogens with zero attached hydrogens (tertiary/aromatic N) is 1.